The Morgan fingerprint density at radius 3 is 2.36 bits per heavy atom. The summed E-state index contributed by atoms with van der Waals surface area (Å²) in [5, 5.41) is 0. The molecule has 0 saturated carbocycles. The lowest BCUT2D eigenvalue weighted by Gasteiger charge is -1.98. The topological polar surface area (TPSA) is 17.1 Å². The predicted molar refractivity (Wildman–Crippen MR) is 49.9 cm³/mol. The van der Waals surface area contributed by atoms with E-state index in [-0.39, 0.29) is 12.2 Å². The van der Waals surface area contributed by atoms with Crippen molar-refractivity contribution in [3.05, 3.63) is 47.5 Å². The van der Waals surface area contributed by atoms with Crippen LogP contribution in [-0.2, 0) is 11.2 Å². The van der Waals surface area contributed by atoms with Crippen LogP contribution in [0.1, 0.15) is 12.5 Å². The molecular weight excluding hydrogens is 186 g/mol. The first-order valence-corrected chi connectivity index (χ1v) is 4.22. The third-order valence-electron chi connectivity index (χ3n) is 1.65. The maximum absolute atomic E-state index is 12.7. The number of carbonyl (C=O) groups is 1. The molecule has 14 heavy (non-hydrogen) atoms. The molecule has 0 unspecified atom stereocenters. The van der Waals surface area contributed by atoms with E-state index >= 15 is 0 Å². The van der Waals surface area contributed by atoms with Crippen LogP contribution in [-0.4, -0.2) is 5.78 Å². The molecule has 0 spiro atoms. The van der Waals surface area contributed by atoms with Gasteiger partial charge in [-0.3, -0.25) is 4.79 Å². The minimum absolute atomic E-state index is 0.0268. The molecule has 0 aliphatic rings. The van der Waals surface area contributed by atoms with Gasteiger partial charge in [0.05, 0.1) is 0 Å². The van der Waals surface area contributed by atoms with Gasteiger partial charge >= 0.3 is 0 Å². The molecule has 0 fully saturated rings. The van der Waals surface area contributed by atoms with E-state index in [0.29, 0.717) is 5.56 Å². The van der Waals surface area contributed by atoms with E-state index < -0.39 is 11.6 Å². The third kappa shape index (κ3) is 3.09. The number of hydrogen-bond acceptors (Lipinski definition) is 1. The number of carbonyl (C=O) groups excluding carboxylic acids is 1. The van der Waals surface area contributed by atoms with Crippen LogP contribution in [0.4, 0.5) is 8.78 Å². The fourth-order valence-electron chi connectivity index (χ4n) is 1.16. The summed E-state index contributed by atoms with van der Waals surface area (Å²) in [7, 11) is 0. The summed E-state index contributed by atoms with van der Waals surface area (Å²) in [6.07, 6.45) is 3.00. The van der Waals surface area contributed by atoms with Gasteiger partial charge in [-0.15, -0.1) is 0 Å². The van der Waals surface area contributed by atoms with Crippen LogP contribution in [0, 0.1) is 11.6 Å². The molecular formula is C11H10F2O. The Morgan fingerprint density at radius 1 is 1.29 bits per heavy atom. The largest absolute Gasteiger partial charge is 0.294 e. The number of hydrogen-bond donors (Lipinski definition) is 0. The van der Waals surface area contributed by atoms with Crippen LogP contribution in [0.3, 0.4) is 0 Å². The number of allylic oxidation sites excluding steroid dienone is 2. The van der Waals surface area contributed by atoms with Gasteiger partial charge in [0.1, 0.15) is 11.6 Å². The second kappa shape index (κ2) is 4.65. The van der Waals surface area contributed by atoms with Crippen molar-refractivity contribution in [1.29, 1.82) is 0 Å². The quantitative estimate of drug-likeness (QED) is 0.679. The number of ketones is 1. The molecule has 0 amide bonds. The molecule has 0 radical (unpaired) electrons. The van der Waals surface area contributed by atoms with Crippen LogP contribution in [0.2, 0.25) is 0 Å². The van der Waals surface area contributed by atoms with Gasteiger partial charge in [0.25, 0.3) is 0 Å². The van der Waals surface area contributed by atoms with E-state index in [4.69, 9.17) is 0 Å². The van der Waals surface area contributed by atoms with Gasteiger partial charge in [0, 0.05) is 12.5 Å². The Balaban J connectivity index is 2.81. The van der Waals surface area contributed by atoms with Gasteiger partial charge in [-0.1, -0.05) is 6.08 Å². The highest BCUT2D eigenvalue weighted by molar-refractivity contribution is 5.91. The highest BCUT2D eigenvalue weighted by Gasteiger charge is 2.03. The fraction of sp³-hybridized carbons (Fsp3) is 0.182. The SMILES string of the molecule is C/C=C/C(=O)Cc1cc(F)cc(F)c1. The third-order valence-corrected chi connectivity index (χ3v) is 1.65. The Labute approximate surface area is 81.1 Å². The molecule has 0 aromatic heterocycles. The maximum atomic E-state index is 12.7. The number of benzene rings is 1. The van der Waals surface area contributed by atoms with E-state index in [1.165, 1.54) is 6.08 Å². The average Bonchev–Trinajstić information content (AvgIpc) is 2.01. The Kier molecular flexibility index (Phi) is 3.51. The van der Waals surface area contributed by atoms with Crippen molar-refractivity contribution in [2.75, 3.05) is 0 Å². The second-order valence-electron chi connectivity index (χ2n) is 2.92. The van der Waals surface area contributed by atoms with E-state index in [0.717, 1.165) is 18.2 Å². The van der Waals surface area contributed by atoms with Crippen LogP contribution >= 0.6 is 0 Å². The van der Waals surface area contributed by atoms with Gasteiger partial charge in [-0.05, 0) is 30.7 Å². The minimum atomic E-state index is -0.659. The van der Waals surface area contributed by atoms with Crippen LogP contribution in [0.25, 0.3) is 0 Å². The fourth-order valence-corrected chi connectivity index (χ4v) is 1.16. The van der Waals surface area contributed by atoms with Crippen molar-refractivity contribution >= 4 is 5.78 Å². The maximum Gasteiger partial charge on any atom is 0.159 e. The van der Waals surface area contributed by atoms with Crippen molar-refractivity contribution < 1.29 is 13.6 Å². The molecule has 74 valence electrons. The van der Waals surface area contributed by atoms with Crippen LogP contribution < -0.4 is 0 Å². The van der Waals surface area contributed by atoms with E-state index in [1.54, 1.807) is 13.0 Å². The Morgan fingerprint density at radius 2 is 1.86 bits per heavy atom. The van der Waals surface area contributed by atoms with Crippen molar-refractivity contribution in [2.24, 2.45) is 0 Å². The molecule has 0 N–H and O–H groups in total. The molecule has 0 bridgehead atoms. The number of halogens is 2. The summed E-state index contributed by atoms with van der Waals surface area (Å²) in [4.78, 5) is 11.1. The standard InChI is InChI=1S/C11H10F2O/c1-2-3-11(14)6-8-4-9(12)7-10(13)5-8/h2-5,7H,6H2,1H3/b3-2+. The van der Waals surface area contributed by atoms with Gasteiger partial charge in [0.15, 0.2) is 5.78 Å². The zero-order valence-corrected chi connectivity index (χ0v) is 7.76. The zero-order chi connectivity index (χ0) is 10.6. The van der Waals surface area contributed by atoms with E-state index in [1.807, 2.05) is 0 Å². The second-order valence-corrected chi connectivity index (χ2v) is 2.92. The Bertz CT molecular complexity index is 349. The highest BCUT2D eigenvalue weighted by atomic mass is 19.1. The first kappa shape index (κ1) is 10.6. The number of rotatable bonds is 3. The molecule has 1 aromatic rings. The molecule has 0 atom stereocenters. The first-order chi connectivity index (χ1) is 6.61. The molecule has 0 aliphatic carbocycles. The minimum Gasteiger partial charge on any atom is -0.294 e. The predicted octanol–water partition coefficient (Wildman–Crippen LogP) is 2.65. The average molecular weight is 196 g/mol. The zero-order valence-electron chi connectivity index (χ0n) is 7.76. The van der Waals surface area contributed by atoms with E-state index in [2.05, 4.69) is 0 Å². The highest BCUT2D eigenvalue weighted by Crippen LogP contribution is 2.08. The Hall–Kier alpha value is -1.51. The van der Waals surface area contributed by atoms with Gasteiger partial charge in [0.2, 0.25) is 0 Å². The van der Waals surface area contributed by atoms with E-state index in [9.17, 15) is 13.6 Å². The summed E-state index contributed by atoms with van der Waals surface area (Å²) in [6.45, 7) is 1.71. The lowest BCUT2D eigenvalue weighted by atomic mass is 10.1. The van der Waals surface area contributed by atoms with Crippen molar-refractivity contribution in [2.45, 2.75) is 13.3 Å². The monoisotopic (exact) mass is 196 g/mol. The first-order valence-electron chi connectivity index (χ1n) is 4.22. The molecule has 1 rings (SSSR count). The molecule has 0 saturated heterocycles. The van der Waals surface area contributed by atoms with Crippen LogP contribution in [0.15, 0.2) is 30.4 Å². The van der Waals surface area contributed by atoms with Gasteiger partial charge < -0.3 is 0 Å². The molecule has 1 aromatic carbocycles. The molecule has 1 nitrogen and oxygen atoms in total. The molecule has 0 heterocycles. The lowest BCUT2D eigenvalue weighted by Crippen LogP contribution is -1.99. The summed E-state index contributed by atoms with van der Waals surface area (Å²) < 4.78 is 25.4. The van der Waals surface area contributed by atoms with Crippen molar-refractivity contribution in [3.8, 4) is 0 Å². The lowest BCUT2D eigenvalue weighted by molar-refractivity contribution is -0.114. The molecule has 0 aliphatic heterocycles. The van der Waals surface area contributed by atoms with Crippen LogP contribution in [0.5, 0.6) is 0 Å². The van der Waals surface area contributed by atoms with Crippen molar-refractivity contribution in [3.63, 3.8) is 0 Å². The van der Waals surface area contributed by atoms with Crippen molar-refractivity contribution in [1.82, 2.24) is 0 Å². The molecule has 3 heteroatoms. The van der Waals surface area contributed by atoms with Gasteiger partial charge in [-0.25, -0.2) is 8.78 Å². The summed E-state index contributed by atoms with van der Waals surface area (Å²) in [5.41, 5.74) is 0.352. The smallest absolute Gasteiger partial charge is 0.159 e. The summed E-state index contributed by atoms with van der Waals surface area (Å²) >= 11 is 0. The summed E-state index contributed by atoms with van der Waals surface area (Å²) in [5.74, 6) is -1.49. The normalized spacial score (nSPS) is 10.8. The van der Waals surface area contributed by atoms with Gasteiger partial charge in [-0.2, -0.15) is 0 Å². The summed E-state index contributed by atoms with van der Waals surface area (Å²) in [6, 6.07) is 3.10.